The molecule has 2 aromatic rings. The van der Waals surface area contributed by atoms with Gasteiger partial charge in [-0.2, -0.15) is 0 Å². The van der Waals surface area contributed by atoms with Crippen LogP contribution in [0.1, 0.15) is 26.3 Å². The quantitative estimate of drug-likeness (QED) is 0.726. The molecular formula is C17H15ClFN3O3. The second kappa shape index (κ2) is 8.25. The molecule has 0 saturated heterocycles. The number of nitrogens with two attached hydrogens (primary N) is 1. The van der Waals surface area contributed by atoms with Gasteiger partial charge in [0, 0.05) is 17.1 Å². The number of hydrogen-bond donors (Lipinski definition) is 3. The van der Waals surface area contributed by atoms with E-state index >= 15 is 0 Å². The van der Waals surface area contributed by atoms with E-state index in [9.17, 15) is 18.8 Å². The Labute approximate surface area is 148 Å². The van der Waals surface area contributed by atoms with E-state index in [0.29, 0.717) is 11.1 Å². The van der Waals surface area contributed by atoms with Crippen LogP contribution in [0.3, 0.4) is 0 Å². The van der Waals surface area contributed by atoms with Crippen molar-refractivity contribution in [2.75, 3.05) is 6.54 Å². The molecule has 0 atom stereocenters. The molecule has 2 rings (SSSR count). The second-order valence-corrected chi connectivity index (χ2v) is 5.59. The van der Waals surface area contributed by atoms with Crippen LogP contribution in [0.25, 0.3) is 0 Å². The van der Waals surface area contributed by atoms with Crippen molar-refractivity contribution in [1.82, 2.24) is 10.6 Å². The third kappa shape index (κ3) is 5.29. The van der Waals surface area contributed by atoms with Gasteiger partial charge in [0.1, 0.15) is 5.82 Å². The zero-order valence-electron chi connectivity index (χ0n) is 13.0. The van der Waals surface area contributed by atoms with Crippen LogP contribution in [-0.4, -0.2) is 24.3 Å². The zero-order valence-corrected chi connectivity index (χ0v) is 13.8. The smallest absolute Gasteiger partial charge is 0.254 e. The number of nitrogens with one attached hydrogen (secondary N) is 2. The van der Waals surface area contributed by atoms with Gasteiger partial charge in [0.15, 0.2) is 0 Å². The van der Waals surface area contributed by atoms with Gasteiger partial charge < -0.3 is 16.4 Å². The van der Waals surface area contributed by atoms with Crippen LogP contribution in [0, 0.1) is 5.82 Å². The van der Waals surface area contributed by atoms with E-state index in [1.165, 1.54) is 24.3 Å². The second-order valence-electron chi connectivity index (χ2n) is 5.15. The molecule has 2 aromatic carbocycles. The highest BCUT2D eigenvalue weighted by atomic mass is 35.5. The minimum absolute atomic E-state index is 0.144. The maximum atomic E-state index is 13.6. The van der Waals surface area contributed by atoms with E-state index in [4.69, 9.17) is 17.3 Å². The summed E-state index contributed by atoms with van der Waals surface area (Å²) in [6.07, 6.45) is 0. The summed E-state index contributed by atoms with van der Waals surface area (Å²) < 4.78 is 13.6. The number of carbonyl (C=O) groups is 3. The van der Waals surface area contributed by atoms with Crippen molar-refractivity contribution in [3.05, 3.63) is 70.0 Å². The Bertz CT molecular complexity index is 809. The molecule has 0 aliphatic heterocycles. The standard InChI is InChI=1S/C17H15ClFN3O3/c18-12-5-6-14(19)13(7-12)17(25)21-8-10-1-3-11(4-2-10)16(24)22-9-15(20)23/h1-7H,8-9H2,(H2,20,23)(H,21,25)(H,22,24). The third-order valence-electron chi connectivity index (χ3n) is 3.27. The van der Waals surface area contributed by atoms with E-state index in [1.54, 1.807) is 12.1 Å². The van der Waals surface area contributed by atoms with Crippen molar-refractivity contribution >= 4 is 29.3 Å². The topological polar surface area (TPSA) is 101 Å². The first-order valence-electron chi connectivity index (χ1n) is 7.25. The number of benzene rings is 2. The van der Waals surface area contributed by atoms with Gasteiger partial charge in [-0.1, -0.05) is 23.7 Å². The van der Waals surface area contributed by atoms with Gasteiger partial charge in [0.05, 0.1) is 12.1 Å². The fourth-order valence-electron chi connectivity index (χ4n) is 1.99. The summed E-state index contributed by atoms with van der Waals surface area (Å²) in [6, 6.07) is 10.1. The van der Waals surface area contributed by atoms with Crippen LogP contribution in [0.4, 0.5) is 4.39 Å². The Morgan fingerprint density at radius 3 is 2.32 bits per heavy atom. The maximum Gasteiger partial charge on any atom is 0.254 e. The van der Waals surface area contributed by atoms with E-state index in [0.717, 1.165) is 6.07 Å². The summed E-state index contributed by atoms with van der Waals surface area (Å²) in [5, 5.41) is 5.20. The Hall–Kier alpha value is -2.93. The molecule has 0 saturated carbocycles. The lowest BCUT2D eigenvalue weighted by Crippen LogP contribution is -2.33. The summed E-state index contributed by atoms with van der Waals surface area (Å²) in [7, 11) is 0. The number of rotatable bonds is 6. The molecule has 0 aliphatic rings. The van der Waals surface area contributed by atoms with Crippen molar-refractivity contribution in [3.63, 3.8) is 0 Å². The Balaban J connectivity index is 1.95. The lowest BCUT2D eigenvalue weighted by molar-refractivity contribution is -0.117. The van der Waals surface area contributed by atoms with Crippen LogP contribution in [-0.2, 0) is 11.3 Å². The predicted octanol–water partition coefficient (Wildman–Crippen LogP) is 1.62. The van der Waals surface area contributed by atoms with Gasteiger partial charge in [-0.15, -0.1) is 0 Å². The summed E-state index contributed by atoms with van der Waals surface area (Å²) in [6.45, 7) is -0.101. The summed E-state index contributed by atoms with van der Waals surface area (Å²) >= 11 is 5.76. The van der Waals surface area contributed by atoms with Gasteiger partial charge in [-0.05, 0) is 35.9 Å². The minimum Gasteiger partial charge on any atom is -0.368 e. The molecule has 0 bridgehead atoms. The molecule has 25 heavy (non-hydrogen) atoms. The molecule has 8 heteroatoms. The molecule has 0 radical (unpaired) electrons. The van der Waals surface area contributed by atoms with Crippen molar-refractivity contribution in [3.8, 4) is 0 Å². The highest BCUT2D eigenvalue weighted by Gasteiger charge is 2.12. The van der Waals surface area contributed by atoms with Crippen molar-refractivity contribution in [2.24, 2.45) is 5.73 Å². The maximum absolute atomic E-state index is 13.6. The van der Waals surface area contributed by atoms with Crippen molar-refractivity contribution in [2.45, 2.75) is 6.54 Å². The zero-order chi connectivity index (χ0) is 18.4. The highest BCUT2D eigenvalue weighted by molar-refractivity contribution is 6.31. The Morgan fingerprint density at radius 1 is 1.00 bits per heavy atom. The molecule has 3 amide bonds. The fraction of sp³-hybridized carbons (Fsp3) is 0.118. The van der Waals surface area contributed by atoms with Gasteiger partial charge in [0.2, 0.25) is 5.91 Å². The molecule has 130 valence electrons. The van der Waals surface area contributed by atoms with Gasteiger partial charge in [-0.25, -0.2) is 4.39 Å². The first-order chi connectivity index (χ1) is 11.9. The molecule has 0 fully saturated rings. The van der Waals surface area contributed by atoms with Crippen LogP contribution >= 0.6 is 11.6 Å². The van der Waals surface area contributed by atoms with Crippen LogP contribution < -0.4 is 16.4 Å². The number of primary amides is 1. The molecule has 0 aliphatic carbocycles. The van der Waals surface area contributed by atoms with Gasteiger partial charge in [-0.3, -0.25) is 14.4 Å². The number of amides is 3. The molecule has 0 unspecified atom stereocenters. The summed E-state index contributed by atoms with van der Waals surface area (Å²) in [4.78, 5) is 34.4. The molecular weight excluding hydrogens is 349 g/mol. The number of hydrogen-bond acceptors (Lipinski definition) is 3. The van der Waals surface area contributed by atoms with Crippen LogP contribution in [0.2, 0.25) is 5.02 Å². The largest absolute Gasteiger partial charge is 0.368 e. The average molecular weight is 364 g/mol. The molecule has 0 aromatic heterocycles. The number of carbonyl (C=O) groups excluding carboxylic acids is 3. The molecule has 0 heterocycles. The Kier molecular flexibility index (Phi) is 6.08. The van der Waals surface area contributed by atoms with E-state index in [-0.39, 0.29) is 23.7 Å². The summed E-state index contributed by atoms with van der Waals surface area (Å²) in [5.41, 5.74) is 5.86. The van der Waals surface area contributed by atoms with Crippen molar-refractivity contribution in [1.29, 1.82) is 0 Å². The third-order valence-corrected chi connectivity index (χ3v) is 3.50. The lowest BCUT2D eigenvalue weighted by Gasteiger charge is -2.08. The van der Waals surface area contributed by atoms with Crippen molar-refractivity contribution < 1.29 is 18.8 Å². The van der Waals surface area contributed by atoms with E-state index in [2.05, 4.69) is 10.6 Å². The summed E-state index contributed by atoms with van der Waals surface area (Å²) in [5.74, 6) is -2.33. The average Bonchev–Trinajstić information content (AvgIpc) is 2.60. The molecule has 0 spiro atoms. The molecule has 6 nitrogen and oxygen atoms in total. The highest BCUT2D eigenvalue weighted by Crippen LogP contribution is 2.15. The first kappa shape index (κ1) is 18.4. The van der Waals surface area contributed by atoms with Crippen LogP contribution in [0.5, 0.6) is 0 Å². The normalized spacial score (nSPS) is 10.2. The SMILES string of the molecule is NC(=O)CNC(=O)c1ccc(CNC(=O)c2cc(Cl)ccc2F)cc1. The Morgan fingerprint density at radius 2 is 1.68 bits per heavy atom. The van der Waals surface area contributed by atoms with E-state index < -0.39 is 23.5 Å². The fourth-order valence-corrected chi connectivity index (χ4v) is 2.16. The first-order valence-corrected chi connectivity index (χ1v) is 7.63. The van der Waals surface area contributed by atoms with Crippen LogP contribution in [0.15, 0.2) is 42.5 Å². The minimum atomic E-state index is -0.664. The van der Waals surface area contributed by atoms with E-state index in [1.807, 2.05) is 0 Å². The van der Waals surface area contributed by atoms with Gasteiger partial charge in [0.25, 0.3) is 11.8 Å². The lowest BCUT2D eigenvalue weighted by atomic mass is 10.1. The monoisotopic (exact) mass is 363 g/mol. The number of halogens is 2. The predicted molar refractivity (Wildman–Crippen MR) is 90.5 cm³/mol. The van der Waals surface area contributed by atoms with Gasteiger partial charge >= 0.3 is 0 Å². The molecule has 4 N–H and O–H groups in total.